The molecule has 1 aromatic heterocycles. The fourth-order valence-electron chi connectivity index (χ4n) is 3.16. The molecule has 0 N–H and O–H groups in total. The van der Waals surface area contributed by atoms with Gasteiger partial charge in [-0.25, -0.2) is 12.8 Å². The van der Waals surface area contributed by atoms with Crippen LogP contribution in [-0.4, -0.2) is 43.7 Å². The number of piperidine rings is 1. The van der Waals surface area contributed by atoms with E-state index < -0.39 is 15.8 Å². The van der Waals surface area contributed by atoms with E-state index in [0.29, 0.717) is 25.9 Å². The first-order valence-corrected chi connectivity index (χ1v) is 10.8. The molecule has 1 amide bonds. The minimum atomic E-state index is -3.72. The monoisotopic (exact) mass is 396 g/mol. The molecule has 1 fully saturated rings. The molecule has 1 aliphatic heterocycles. The Bertz CT molecular complexity index is 851. The maximum atomic E-state index is 13.1. The highest BCUT2D eigenvalue weighted by Crippen LogP contribution is 2.25. The zero-order valence-electron chi connectivity index (χ0n) is 14.5. The van der Waals surface area contributed by atoms with Crippen molar-refractivity contribution in [2.75, 3.05) is 20.1 Å². The minimum Gasteiger partial charge on any atom is -0.341 e. The highest BCUT2D eigenvalue weighted by atomic mass is 32.2. The van der Waals surface area contributed by atoms with Crippen molar-refractivity contribution in [1.29, 1.82) is 0 Å². The highest BCUT2D eigenvalue weighted by molar-refractivity contribution is 7.89. The third kappa shape index (κ3) is 4.13. The van der Waals surface area contributed by atoms with Crippen molar-refractivity contribution in [2.24, 2.45) is 5.92 Å². The van der Waals surface area contributed by atoms with Gasteiger partial charge in [-0.1, -0.05) is 0 Å². The SMILES string of the molecule is CN(Cc1ccsc1)C(=O)C1CCCN(S(=O)(=O)c2ccc(F)cc2)C1. The van der Waals surface area contributed by atoms with Crippen molar-refractivity contribution >= 4 is 27.3 Å². The Morgan fingerprint density at radius 1 is 1.31 bits per heavy atom. The number of hydrogen-bond donors (Lipinski definition) is 0. The summed E-state index contributed by atoms with van der Waals surface area (Å²) < 4.78 is 40.0. The minimum absolute atomic E-state index is 0.0461. The van der Waals surface area contributed by atoms with E-state index in [1.165, 1.54) is 16.4 Å². The van der Waals surface area contributed by atoms with E-state index in [-0.39, 0.29) is 23.3 Å². The molecule has 3 rings (SSSR count). The summed E-state index contributed by atoms with van der Waals surface area (Å²) in [5.74, 6) is -0.886. The molecule has 0 spiro atoms. The Morgan fingerprint density at radius 2 is 2.04 bits per heavy atom. The number of carbonyl (C=O) groups is 1. The van der Waals surface area contributed by atoms with Crippen LogP contribution < -0.4 is 0 Å². The smallest absolute Gasteiger partial charge is 0.243 e. The molecule has 8 heteroatoms. The first-order valence-electron chi connectivity index (χ1n) is 8.39. The molecule has 1 aliphatic rings. The second-order valence-corrected chi connectivity index (χ2v) is 9.20. The predicted octanol–water partition coefficient (Wildman–Crippen LogP) is 2.95. The van der Waals surface area contributed by atoms with Crippen LogP contribution in [-0.2, 0) is 21.4 Å². The number of nitrogens with zero attached hydrogens (tertiary/aromatic N) is 2. The van der Waals surface area contributed by atoms with Gasteiger partial charge in [-0.05, 0) is 59.5 Å². The molecule has 0 saturated carbocycles. The molecule has 2 aromatic rings. The number of rotatable bonds is 5. The van der Waals surface area contributed by atoms with Crippen LogP contribution in [0.1, 0.15) is 18.4 Å². The Kier molecular flexibility index (Phi) is 5.74. The summed E-state index contributed by atoms with van der Waals surface area (Å²) in [7, 11) is -1.98. The number of amides is 1. The lowest BCUT2D eigenvalue weighted by Crippen LogP contribution is -2.45. The van der Waals surface area contributed by atoms with Gasteiger partial charge < -0.3 is 4.90 Å². The van der Waals surface area contributed by atoms with Gasteiger partial charge in [-0.2, -0.15) is 15.6 Å². The van der Waals surface area contributed by atoms with Crippen LogP contribution in [0.5, 0.6) is 0 Å². The van der Waals surface area contributed by atoms with Crippen LogP contribution in [0.4, 0.5) is 4.39 Å². The molecule has 0 bridgehead atoms. The molecule has 1 aromatic carbocycles. The van der Waals surface area contributed by atoms with Gasteiger partial charge in [-0.3, -0.25) is 4.79 Å². The summed E-state index contributed by atoms with van der Waals surface area (Å²) in [6.45, 7) is 1.05. The summed E-state index contributed by atoms with van der Waals surface area (Å²) in [6.07, 6.45) is 1.30. The number of halogens is 1. The third-order valence-electron chi connectivity index (χ3n) is 4.56. The molecule has 0 aliphatic carbocycles. The van der Waals surface area contributed by atoms with E-state index in [1.54, 1.807) is 23.3 Å². The van der Waals surface area contributed by atoms with Crippen LogP contribution in [0.2, 0.25) is 0 Å². The summed E-state index contributed by atoms with van der Waals surface area (Å²) in [4.78, 5) is 14.4. The lowest BCUT2D eigenvalue weighted by Gasteiger charge is -2.33. The lowest BCUT2D eigenvalue weighted by molar-refractivity contribution is -0.135. The maximum Gasteiger partial charge on any atom is 0.243 e. The second-order valence-electron chi connectivity index (χ2n) is 6.48. The summed E-state index contributed by atoms with van der Waals surface area (Å²) in [5.41, 5.74) is 1.07. The topological polar surface area (TPSA) is 57.7 Å². The molecular weight excluding hydrogens is 375 g/mol. The molecule has 1 saturated heterocycles. The number of sulfonamides is 1. The van der Waals surface area contributed by atoms with Gasteiger partial charge in [0.1, 0.15) is 5.82 Å². The van der Waals surface area contributed by atoms with E-state index in [1.807, 2.05) is 16.8 Å². The van der Waals surface area contributed by atoms with E-state index in [2.05, 4.69) is 0 Å². The van der Waals surface area contributed by atoms with Gasteiger partial charge in [-0.15, -0.1) is 0 Å². The molecule has 140 valence electrons. The van der Waals surface area contributed by atoms with E-state index >= 15 is 0 Å². The average Bonchev–Trinajstić information content (AvgIpc) is 3.14. The molecule has 26 heavy (non-hydrogen) atoms. The number of carbonyl (C=O) groups excluding carboxylic acids is 1. The van der Waals surface area contributed by atoms with Crippen LogP contribution in [0.15, 0.2) is 46.0 Å². The molecule has 1 unspecified atom stereocenters. The quantitative estimate of drug-likeness (QED) is 0.781. The van der Waals surface area contributed by atoms with Gasteiger partial charge in [0.2, 0.25) is 15.9 Å². The lowest BCUT2D eigenvalue weighted by atomic mass is 9.98. The maximum absolute atomic E-state index is 13.1. The summed E-state index contributed by atoms with van der Waals surface area (Å²) >= 11 is 1.58. The van der Waals surface area contributed by atoms with E-state index in [0.717, 1.165) is 17.7 Å². The molecule has 1 atom stereocenters. The second kappa shape index (κ2) is 7.85. The number of hydrogen-bond acceptors (Lipinski definition) is 4. The zero-order chi connectivity index (χ0) is 18.7. The van der Waals surface area contributed by atoms with Gasteiger partial charge in [0.15, 0.2) is 0 Å². The van der Waals surface area contributed by atoms with E-state index in [9.17, 15) is 17.6 Å². The van der Waals surface area contributed by atoms with Gasteiger partial charge in [0, 0.05) is 26.7 Å². The molecule has 5 nitrogen and oxygen atoms in total. The average molecular weight is 397 g/mol. The van der Waals surface area contributed by atoms with E-state index in [4.69, 9.17) is 0 Å². The zero-order valence-corrected chi connectivity index (χ0v) is 16.1. The summed E-state index contributed by atoms with van der Waals surface area (Å²) in [6, 6.07) is 6.76. The first-order chi connectivity index (χ1) is 12.4. The molecule has 2 heterocycles. The normalized spacial score (nSPS) is 18.6. The molecular formula is C18H21FN2O3S2. The van der Waals surface area contributed by atoms with Crippen molar-refractivity contribution in [3.05, 3.63) is 52.5 Å². The number of thiophene rings is 1. The number of benzene rings is 1. The van der Waals surface area contributed by atoms with Gasteiger partial charge in [0.25, 0.3) is 0 Å². The van der Waals surface area contributed by atoms with Crippen molar-refractivity contribution < 1.29 is 17.6 Å². The molecule has 0 radical (unpaired) electrons. The van der Waals surface area contributed by atoms with Crippen molar-refractivity contribution in [1.82, 2.24) is 9.21 Å². The standard InChI is InChI=1S/C18H21FN2O3S2/c1-20(11-14-8-10-25-13-14)18(22)15-3-2-9-21(12-15)26(23,24)17-6-4-16(19)5-7-17/h4-8,10,13,15H,2-3,9,11-12H2,1H3. The Labute approximate surface area is 157 Å². The van der Waals surface area contributed by atoms with Crippen LogP contribution in [0.25, 0.3) is 0 Å². The third-order valence-corrected chi connectivity index (χ3v) is 7.17. The Morgan fingerprint density at radius 3 is 2.69 bits per heavy atom. The largest absolute Gasteiger partial charge is 0.341 e. The van der Waals surface area contributed by atoms with Crippen LogP contribution in [0, 0.1) is 11.7 Å². The van der Waals surface area contributed by atoms with Gasteiger partial charge >= 0.3 is 0 Å². The fraction of sp³-hybridized carbons (Fsp3) is 0.389. The summed E-state index contributed by atoms with van der Waals surface area (Å²) in [5, 5.41) is 3.96. The Balaban J connectivity index is 1.70. The van der Waals surface area contributed by atoms with Crippen molar-refractivity contribution in [3.63, 3.8) is 0 Å². The highest BCUT2D eigenvalue weighted by Gasteiger charge is 2.34. The van der Waals surface area contributed by atoms with Crippen molar-refractivity contribution in [2.45, 2.75) is 24.3 Å². The predicted molar refractivity (Wildman–Crippen MR) is 98.7 cm³/mol. The fourth-order valence-corrected chi connectivity index (χ4v) is 5.35. The Hall–Kier alpha value is -1.77. The van der Waals surface area contributed by atoms with Crippen LogP contribution >= 0.6 is 11.3 Å². The first kappa shape index (κ1) is 19.0. The van der Waals surface area contributed by atoms with Gasteiger partial charge in [0.05, 0.1) is 10.8 Å². The van der Waals surface area contributed by atoms with Crippen LogP contribution in [0.3, 0.4) is 0 Å². The van der Waals surface area contributed by atoms with Crippen molar-refractivity contribution in [3.8, 4) is 0 Å².